The number of carbonyl (C=O) groups is 3. The van der Waals surface area contributed by atoms with Gasteiger partial charge in [0.2, 0.25) is 5.91 Å². The number of amides is 2. The first-order chi connectivity index (χ1) is 16.5. The molecule has 196 valence electrons. The lowest BCUT2D eigenvalue weighted by Gasteiger charge is -2.23. The van der Waals surface area contributed by atoms with Crippen molar-refractivity contribution >= 4 is 50.8 Å². The first-order valence-electron chi connectivity index (χ1n) is 11.1. The minimum absolute atomic E-state index is 0.0387. The van der Waals surface area contributed by atoms with Crippen LogP contribution < -0.4 is 16.0 Å². The van der Waals surface area contributed by atoms with Gasteiger partial charge in [0, 0.05) is 22.3 Å². The maximum Gasteiger partial charge on any atom is 0.418 e. The van der Waals surface area contributed by atoms with Crippen molar-refractivity contribution in [3.05, 3.63) is 52.0 Å². The van der Waals surface area contributed by atoms with E-state index in [1.165, 1.54) is 12.1 Å². The molecule has 0 aliphatic carbocycles. The predicted molar refractivity (Wildman–Crippen MR) is 136 cm³/mol. The van der Waals surface area contributed by atoms with E-state index in [-0.39, 0.29) is 35.1 Å². The van der Waals surface area contributed by atoms with Crippen molar-refractivity contribution in [3.63, 3.8) is 0 Å². The van der Waals surface area contributed by atoms with E-state index in [9.17, 15) is 27.6 Å². The van der Waals surface area contributed by atoms with E-state index < -0.39 is 41.5 Å². The number of hydrogen-bond acceptors (Lipinski definition) is 5. The summed E-state index contributed by atoms with van der Waals surface area (Å²) in [7, 11) is 0. The number of carbonyl (C=O) groups excluding carboxylic acids is 3. The molecule has 0 atom stereocenters. The quantitative estimate of drug-likeness (QED) is 0.232. The van der Waals surface area contributed by atoms with Crippen LogP contribution in [-0.2, 0) is 15.7 Å². The molecule has 11 heteroatoms. The highest BCUT2D eigenvalue weighted by Gasteiger charge is 2.35. The number of hydrogen-bond donors (Lipinski definition) is 3. The summed E-state index contributed by atoms with van der Waals surface area (Å²) in [6.45, 7) is 8.79. The largest absolute Gasteiger partial charge is 0.444 e. The molecule has 2 amide bonds. The van der Waals surface area contributed by atoms with E-state index >= 15 is 0 Å². The normalized spacial score (nSPS) is 11.7. The molecular weight excluding hydrogens is 543 g/mol. The lowest BCUT2D eigenvalue weighted by Crippen LogP contribution is -2.28. The van der Waals surface area contributed by atoms with Crippen molar-refractivity contribution in [2.45, 2.75) is 52.8 Å². The van der Waals surface area contributed by atoms with Crippen LogP contribution in [0.15, 0.2) is 40.9 Å². The molecule has 0 spiro atoms. The summed E-state index contributed by atoms with van der Waals surface area (Å²) in [6.07, 6.45) is -6.29. The molecule has 36 heavy (non-hydrogen) atoms. The number of halogens is 4. The summed E-state index contributed by atoms with van der Waals surface area (Å²) in [5, 5.41) is 7.46. The van der Waals surface area contributed by atoms with Gasteiger partial charge in [-0.05, 0) is 51.0 Å². The summed E-state index contributed by atoms with van der Waals surface area (Å²) in [5.74, 6) is -1.33. The zero-order valence-electron chi connectivity index (χ0n) is 20.6. The lowest BCUT2D eigenvalue weighted by atomic mass is 10.1. The number of alkyl halides is 3. The van der Waals surface area contributed by atoms with E-state index in [0.29, 0.717) is 4.47 Å². The van der Waals surface area contributed by atoms with Crippen LogP contribution in [0.25, 0.3) is 0 Å². The number of benzene rings is 2. The fraction of sp³-hybridized carbons (Fsp3) is 0.400. The van der Waals surface area contributed by atoms with Gasteiger partial charge in [-0.25, -0.2) is 4.79 Å². The zero-order chi connectivity index (χ0) is 27.3. The maximum absolute atomic E-state index is 13.9. The molecule has 0 aliphatic heterocycles. The number of Topliss-reactive ketones (excluding diaryl/α,β-unsaturated/α-hetero) is 1. The Hall–Kier alpha value is -3.08. The second kappa shape index (κ2) is 11.8. The Kier molecular flexibility index (Phi) is 9.53. The molecule has 0 aromatic heterocycles. The van der Waals surface area contributed by atoms with Crippen LogP contribution in [0.3, 0.4) is 0 Å². The molecular formula is C25H29BrF3N3O4. The third-order valence-electron chi connectivity index (χ3n) is 4.54. The van der Waals surface area contributed by atoms with E-state index in [4.69, 9.17) is 4.74 Å². The smallest absolute Gasteiger partial charge is 0.418 e. The van der Waals surface area contributed by atoms with E-state index in [0.717, 1.165) is 12.1 Å². The van der Waals surface area contributed by atoms with Gasteiger partial charge in [0.15, 0.2) is 5.78 Å². The van der Waals surface area contributed by atoms with Gasteiger partial charge in [0.1, 0.15) is 5.60 Å². The number of nitrogens with one attached hydrogen (secondary N) is 3. The fourth-order valence-corrected chi connectivity index (χ4v) is 3.42. The Bertz CT molecular complexity index is 1130. The highest BCUT2D eigenvalue weighted by atomic mass is 79.9. The van der Waals surface area contributed by atoms with Crippen LogP contribution >= 0.6 is 15.9 Å². The van der Waals surface area contributed by atoms with Crippen LogP contribution in [0.1, 0.15) is 57.0 Å². The number of anilines is 3. The van der Waals surface area contributed by atoms with Gasteiger partial charge in [-0.1, -0.05) is 41.9 Å². The molecule has 2 aromatic carbocycles. The third kappa shape index (κ3) is 9.18. The van der Waals surface area contributed by atoms with Gasteiger partial charge in [-0.2, -0.15) is 13.2 Å². The Morgan fingerprint density at radius 2 is 1.61 bits per heavy atom. The minimum atomic E-state index is -4.75. The number of ether oxygens (including phenoxy) is 1. The zero-order valence-corrected chi connectivity index (χ0v) is 22.2. The molecule has 0 bridgehead atoms. The first-order valence-corrected chi connectivity index (χ1v) is 11.9. The fourth-order valence-electron chi connectivity index (χ4n) is 3.02. The SMILES string of the molecule is CC(C)CNc1cc(NC(=O)OC(C)(C)C)c(NC(=O)CC(=O)c2cccc(Br)c2)cc1C(F)(F)F. The topological polar surface area (TPSA) is 96.5 Å². The van der Waals surface area contributed by atoms with Gasteiger partial charge < -0.3 is 15.4 Å². The van der Waals surface area contributed by atoms with Gasteiger partial charge in [-0.15, -0.1) is 0 Å². The standard InChI is InChI=1S/C25H29BrF3N3O4/c1-14(2)13-30-18-11-20(32-23(35)36-24(3,4)5)19(10-17(18)25(27,28)29)31-22(34)12-21(33)15-7-6-8-16(26)9-15/h6-11,14,30H,12-13H2,1-5H3,(H,31,34)(H,32,35). The molecule has 0 aliphatic rings. The highest BCUT2D eigenvalue weighted by Crippen LogP contribution is 2.40. The van der Waals surface area contributed by atoms with Crippen LogP contribution in [0.4, 0.5) is 35.0 Å². The van der Waals surface area contributed by atoms with E-state index in [1.54, 1.807) is 32.9 Å². The van der Waals surface area contributed by atoms with E-state index in [1.807, 2.05) is 13.8 Å². The molecule has 0 radical (unpaired) electrons. The molecule has 2 rings (SSSR count). The third-order valence-corrected chi connectivity index (χ3v) is 5.03. The first kappa shape index (κ1) is 29.2. The van der Waals surface area contributed by atoms with Gasteiger partial charge in [0.25, 0.3) is 0 Å². The van der Waals surface area contributed by atoms with Crippen molar-refractivity contribution in [3.8, 4) is 0 Å². The monoisotopic (exact) mass is 571 g/mol. The highest BCUT2D eigenvalue weighted by molar-refractivity contribution is 9.10. The Balaban J connectivity index is 2.42. The lowest BCUT2D eigenvalue weighted by molar-refractivity contribution is -0.137. The Morgan fingerprint density at radius 3 is 2.17 bits per heavy atom. The molecule has 0 unspecified atom stereocenters. The second-order valence-corrected chi connectivity index (χ2v) is 10.4. The van der Waals surface area contributed by atoms with Crippen molar-refractivity contribution in [2.75, 3.05) is 22.5 Å². The van der Waals surface area contributed by atoms with Crippen LogP contribution in [0.5, 0.6) is 0 Å². The number of ketones is 1. The summed E-state index contributed by atoms with van der Waals surface area (Å²) in [5.41, 5.74) is -2.36. The van der Waals surface area contributed by atoms with Crippen LogP contribution in [0, 0.1) is 5.92 Å². The van der Waals surface area contributed by atoms with E-state index in [2.05, 4.69) is 31.9 Å². The molecule has 0 saturated carbocycles. The summed E-state index contributed by atoms with van der Waals surface area (Å²) in [4.78, 5) is 37.5. The summed E-state index contributed by atoms with van der Waals surface area (Å²) < 4.78 is 47.4. The van der Waals surface area contributed by atoms with Gasteiger partial charge in [0.05, 0.1) is 23.4 Å². The van der Waals surface area contributed by atoms with Gasteiger partial charge >= 0.3 is 12.3 Å². The molecule has 0 saturated heterocycles. The second-order valence-electron chi connectivity index (χ2n) is 9.50. The van der Waals surface area contributed by atoms with Gasteiger partial charge in [-0.3, -0.25) is 14.9 Å². The number of rotatable bonds is 8. The average Bonchev–Trinajstić information content (AvgIpc) is 2.71. The molecule has 2 aromatic rings. The van der Waals surface area contributed by atoms with Crippen molar-refractivity contribution in [2.24, 2.45) is 5.92 Å². The molecule has 0 fully saturated rings. The van der Waals surface area contributed by atoms with Crippen molar-refractivity contribution in [1.29, 1.82) is 0 Å². The average molecular weight is 572 g/mol. The van der Waals surface area contributed by atoms with Crippen molar-refractivity contribution in [1.82, 2.24) is 0 Å². The summed E-state index contributed by atoms with van der Waals surface area (Å²) in [6, 6.07) is 8.18. The Labute approximate surface area is 216 Å². The molecule has 3 N–H and O–H groups in total. The Morgan fingerprint density at radius 1 is 0.972 bits per heavy atom. The molecule has 0 heterocycles. The van der Waals surface area contributed by atoms with Crippen molar-refractivity contribution < 1.29 is 32.3 Å². The summed E-state index contributed by atoms with van der Waals surface area (Å²) >= 11 is 3.24. The maximum atomic E-state index is 13.9. The van der Waals surface area contributed by atoms with Crippen LogP contribution in [0.2, 0.25) is 0 Å². The minimum Gasteiger partial charge on any atom is -0.444 e. The predicted octanol–water partition coefficient (Wildman–Crippen LogP) is 7.09. The molecule has 7 nitrogen and oxygen atoms in total. The van der Waals surface area contributed by atoms with Crippen LogP contribution in [-0.4, -0.2) is 29.9 Å².